The van der Waals surface area contributed by atoms with Crippen LogP contribution < -0.4 is 5.56 Å². The van der Waals surface area contributed by atoms with Gasteiger partial charge in [-0.15, -0.1) is 0 Å². The molecule has 4 rings (SSSR count). The van der Waals surface area contributed by atoms with Gasteiger partial charge in [0, 0.05) is 6.54 Å². The van der Waals surface area contributed by atoms with Crippen LogP contribution in [0.15, 0.2) is 53.3 Å². The van der Waals surface area contributed by atoms with E-state index in [1.165, 1.54) is 23.7 Å². The summed E-state index contributed by atoms with van der Waals surface area (Å²) in [5, 5.41) is 10.9. The second-order valence-corrected chi connectivity index (χ2v) is 7.94. The number of para-hydroxylation sites is 1. The van der Waals surface area contributed by atoms with Gasteiger partial charge in [-0.3, -0.25) is 9.36 Å². The van der Waals surface area contributed by atoms with Gasteiger partial charge in [0.1, 0.15) is 22.8 Å². The normalized spacial score (nSPS) is 11.4. The van der Waals surface area contributed by atoms with Crippen LogP contribution in [0.25, 0.3) is 21.6 Å². The number of phenolic OH excluding ortho intramolecular Hbond substituents is 1. The van der Waals surface area contributed by atoms with Crippen molar-refractivity contribution in [1.82, 2.24) is 13.9 Å². The van der Waals surface area contributed by atoms with Gasteiger partial charge in [0.15, 0.2) is 4.83 Å². The number of benzene rings is 2. The van der Waals surface area contributed by atoms with Crippen molar-refractivity contribution in [2.75, 3.05) is 0 Å². The molecule has 0 atom stereocenters. The van der Waals surface area contributed by atoms with Crippen LogP contribution in [0.5, 0.6) is 5.75 Å². The summed E-state index contributed by atoms with van der Waals surface area (Å²) in [4.78, 5) is 18.7. The van der Waals surface area contributed by atoms with Crippen LogP contribution in [0.2, 0.25) is 0 Å². The van der Waals surface area contributed by atoms with Crippen molar-refractivity contribution in [3.63, 3.8) is 0 Å². The van der Waals surface area contributed by atoms with E-state index in [0.29, 0.717) is 34.6 Å². The second kappa shape index (κ2) is 7.75. The van der Waals surface area contributed by atoms with Crippen LogP contribution in [-0.4, -0.2) is 19.0 Å². The molecule has 0 amide bonds. The van der Waals surface area contributed by atoms with Crippen LogP contribution in [-0.2, 0) is 13.0 Å². The topological polar surface area (TPSA) is 68.0 Å². The molecule has 0 aliphatic carbocycles. The fraction of sp³-hybridized carbons (Fsp3) is 0.227. The van der Waals surface area contributed by atoms with Crippen molar-refractivity contribution in [3.05, 3.63) is 76.0 Å². The number of aryl methyl sites for hydroxylation is 1. The minimum atomic E-state index is -0.312. The van der Waals surface area contributed by atoms with Gasteiger partial charge in [-0.25, -0.2) is 9.37 Å². The van der Waals surface area contributed by atoms with Crippen LogP contribution >= 0.6 is 11.5 Å². The Hall–Kier alpha value is -3.06. The minimum Gasteiger partial charge on any atom is -0.507 e. The van der Waals surface area contributed by atoms with Crippen molar-refractivity contribution < 1.29 is 9.50 Å². The zero-order chi connectivity index (χ0) is 20.5. The molecule has 7 heteroatoms. The van der Waals surface area contributed by atoms with Gasteiger partial charge in [0.2, 0.25) is 0 Å². The number of rotatable bonds is 5. The average Bonchev–Trinajstić information content (AvgIpc) is 3.12. The number of hydrogen-bond donors (Lipinski definition) is 1. The summed E-state index contributed by atoms with van der Waals surface area (Å²) in [5.41, 5.74) is 1.80. The molecule has 4 aromatic rings. The maximum atomic E-state index is 13.6. The number of phenols is 1. The number of aromatic nitrogens is 3. The van der Waals surface area contributed by atoms with E-state index in [-0.39, 0.29) is 23.0 Å². The third-order valence-corrected chi connectivity index (χ3v) is 5.58. The first-order valence-corrected chi connectivity index (χ1v) is 10.2. The number of aromatic hydroxyl groups is 1. The summed E-state index contributed by atoms with van der Waals surface area (Å²) < 4.78 is 19.6. The Balaban J connectivity index is 1.90. The highest BCUT2D eigenvalue weighted by Crippen LogP contribution is 2.30. The van der Waals surface area contributed by atoms with E-state index in [1.807, 2.05) is 19.9 Å². The molecule has 2 aromatic carbocycles. The second-order valence-electron chi connectivity index (χ2n) is 7.19. The quantitative estimate of drug-likeness (QED) is 0.517. The SMILES string of the molecule is CC(C)c1nsc2nc(-c3ccccc3O)n(CCc3cccc(F)c3)c(=O)c12. The molecule has 0 aliphatic rings. The Morgan fingerprint density at radius 1 is 1.17 bits per heavy atom. The molecule has 148 valence electrons. The summed E-state index contributed by atoms with van der Waals surface area (Å²) >= 11 is 1.19. The van der Waals surface area contributed by atoms with Crippen LogP contribution in [0.4, 0.5) is 4.39 Å². The summed E-state index contributed by atoms with van der Waals surface area (Å²) in [6.07, 6.45) is 0.458. The standard InChI is InChI=1S/C22H20FN3O2S/c1-13(2)19-18-21(29-25-19)24-20(16-8-3-4-9-17(16)27)26(22(18)28)11-10-14-6-5-7-15(23)12-14/h3-9,12-13,27H,10-11H2,1-2H3. The first-order chi connectivity index (χ1) is 14.0. The summed E-state index contributed by atoms with van der Waals surface area (Å²) in [7, 11) is 0. The predicted octanol–water partition coefficient (Wildman–Crippen LogP) is 4.73. The van der Waals surface area contributed by atoms with Gasteiger partial charge < -0.3 is 5.11 Å². The fourth-order valence-electron chi connectivity index (χ4n) is 3.36. The molecule has 29 heavy (non-hydrogen) atoms. The van der Waals surface area contributed by atoms with Crippen molar-refractivity contribution in [3.8, 4) is 17.1 Å². The molecule has 0 fully saturated rings. The number of nitrogens with zero attached hydrogens (tertiary/aromatic N) is 3. The number of hydrogen-bond acceptors (Lipinski definition) is 5. The molecule has 0 unspecified atom stereocenters. The minimum absolute atomic E-state index is 0.0480. The molecule has 1 N–H and O–H groups in total. The molecule has 0 aliphatic heterocycles. The van der Waals surface area contributed by atoms with E-state index < -0.39 is 0 Å². The van der Waals surface area contributed by atoms with Crippen LogP contribution in [0, 0.1) is 5.82 Å². The summed E-state index contributed by atoms with van der Waals surface area (Å²) in [5.74, 6) is 0.210. The van der Waals surface area contributed by atoms with E-state index in [1.54, 1.807) is 34.9 Å². The first-order valence-electron chi connectivity index (χ1n) is 9.38. The molecular weight excluding hydrogens is 389 g/mol. The van der Waals surface area contributed by atoms with Crippen molar-refractivity contribution in [2.24, 2.45) is 0 Å². The first kappa shape index (κ1) is 19.3. The lowest BCUT2D eigenvalue weighted by Crippen LogP contribution is -2.25. The van der Waals surface area contributed by atoms with Crippen LogP contribution in [0.3, 0.4) is 0 Å². The fourth-order valence-corrected chi connectivity index (χ4v) is 4.26. The molecule has 0 saturated heterocycles. The third-order valence-electron chi connectivity index (χ3n) is 4.83. The molecule has 0 radical (unpaired) electrons. The maximum Gasteiger partial charge on any atom is 0.264 e. The van der Waals surface area contributed by atoms with Gasteiger partial charge in [-0.1, -0.05) is 38.1 Å². The highest BCUT2D eigenvalue weighted by molar-refractivity contribution is 7.12. The van der Waals surface area contributed by atoms with Gasteiger partial charge in [-0.2, -0.15) is 4.37 Å². The molecule has 0 saturated carbocycles. The van der Waals surface area contributed by atoms with Gasteiger partial charge >= 0.3 is 0 Å². The lowest BCUT2D eigenvalue weighted by Gasteiger charge is -2.14. The van der Waals surface area contributed by atoms with Gasteiger partial charge in [0.25, 0.3) is 5.56 Å². The Bertz CT molecular complexity index is 1250. The molecular formula is C22H20FN3O2S. The molecule has 0 spiro atoms. The molecule has 2 aromatic heterocycles. The number of fused-ring (bicyclic) bond motifs is 1. The van der Waals surface area contributed by atoms with E-state index >= 15 is 0 Å². The van der Waals surface area contributed by atoms with Gasteiger partial charge in [0.05, 0.1) is 11.3 Å². The zero-order valence-corrected chi connectivity index (χ0v) is 16.9. The van der Waals surface area contributed by atoms with Crippen LogP contribution in [0.1, 0.15) is 31.0 Å². The Labute approximate surface area is 171 Å². The lowest BCUT2D eigenvalue weighted by atomic mass is 10.1. The lowest BCUT2D eigenvalue weighted by molar-refractivity contribution is 0.476. The molecule has 0 bridgehead atoms. The van der Waals surface area contributed by atoms with E-state index in [2.05, 4.69) is 9.36 Å². The maximum absolute atomic E-state index is 13.6. The van der Waals surface area contributed by atoms with Gasteiger partial charge in [-0.05, 0) is 53.7 Å². The predicted molar refractivity (Wildman–Crippen MR) is 113 cm³/mol. The Morgan fingerprint density at radius 3 is 2.69 bits per heavy atom. The highest BCUT2D eigenvalue weighted by Gasteiger charge is 2.21. The van der Waals surface area contributed by atoms with Crippen molar-refractivity contribution >= 4 is 21.7 Å². The monoisotopic (exact) mass is 409 g/mol. The average molecular weight is 409 g/mol. The van der Waals surface area contributed by atoms with Crippen molar-refractivity contribution in [1.29, 1.82) is 0 Å². The largest absolute Gasteiger partial charge is 0.507 e. The summed E-state index contributed by atoms with van der Waals surface area (Å²) in [6, 6.07) is 13.1. The van der Waals surface area contributed by atoms with E-state index in [4.69, 9.17) is 0 Å². The van der Waals surface area contributed by atoms with Crippen molar-refractivity contribution in [2.45, 2.75) is 32.7 Å². The molecule has 5 nitrogen and oxygen atoms in total. The highest BCUT2D eigenvalue weighted by atomic mass is 32.1. The number of halogens is 1. The third kappa shape index (κ3) is 3.65. The molecule has 2 heterocycles. The summed E-state index contributed by atoms with van der Waals surface area (Å²) in [6.45, 7) is 4.28. The Morgan fingerprint density at radius 2 is 1.97 bits per heavy atom. The van der Waals surface area contributed by atoms with E-state index in [0.717, 1.165) is 11.3 Å². The smallest absolute Gasteiger partial charge is 0.264 e. The van der Waals surface area contributed by atoms with E-state index in [9.17, 15) is 14.3 Å². The zero-order valence-electron chi connectivity index (χ0n) is 16.1. The Kier molecular flexibility index (Phi) is 5.15.